The van der Waals surface area contributed by atoms with Crippen molar-refractivity contribution in [3.8, 4) is 6.07 Å². The highest BCUT2D eigenvalue weighted by atomic mass is 16.3. The summed E-state index contributed by atoms with van der Waals surface area (Å²) in [5, 5.41) is 19.9. The van der Waals surface area contributed by atoms with E-state index in [9.17, 15) is 5.11 Å². The summed E-state index contributed by atoms with van der Waals surface area (Å²) < 4.78 is 0. The number of hydrogen-bond donors (Lipinski definition) is 1. The molecule has 0 bridgehead atoms. The first-order valence-electron chi connectivity index (χ1n) is 8.26. The van der Waals surface area contributed by atoms with Crippen LogP contribution < -0.4 is 4.90 Å². The molecule has 2 fully saturated rings. The Morgan fingerprint density at radius 1 is 1.32 bits per heavy atom. The second-order valence-electron chi connectivity index (χ2n) is 6.92. The van der Waals surface area contributed by atoms with Gasteiger partial charge in [0.15, 0.2) is 0 Å². The average Bonchev–Trinajstić information content (AvgIpc) is 2.95. The Kier molecular flexibility index (Phi) is 4.05. The Labute approximate surface area is 132 Å². The van der Waals surface area contributed by atoms with Crippen LogP contribution in [0.3, 0.4) is 0 Å². The minimum atomic E-state index is -0.604. The molecule has 0 radical (unpaired) electrons. The smallest absolute Gasteiger partial charge is 0.227 e. The molecule has 5 heteroatoms. The molecule has 2 aliphatic rings. The fourth-order valence-electron chi connectivity index (χ4n) is 4.15. The largest absolute Gasteiger partial charge is 0.390 e. The third-order valence-corrected chi connectivity index (χ3v) is 5.22. The van der Waals surface area contributed by atoms with Gasteiger partial charge in [-0.25, -0.2) is 9.97 Å². The van der Waals surface area contributed by atoms with E-state index < -0.39 is 5.60 Å². The highest BCUT2D eigenvalue weighted by molar-refractivity contribution is 5.39. The van der Waals surface area contributed by atoms with Crippen molar-refractivity contribution in [1.82, 2.24) is 9.97 Å². The summed E-state index contributed by atoms with van der Waals surface area (Å²) in [6.07, 6.45) is 6.39. The Morgan fingerprint density at radius 3 is 2.86 bits per heavy atom. The van der Waals surface area contributed by atoms with Gasteiger partial charge in [0.25, 0.3) is 0 Å². The molecular weight excluding hydrogens is 276 g/mol. The van der Waals surface area contributed by atoms with Crippen LogP contribution in [0.4, 0.5) is 5.95 Å². The number of aliphatic hydroxyl groups is 1. The van der Waals surface area contributed by atoms with Crippen molar-refractivity contribution < 1.29 is 5.11 Å². The Bertz CT molecular complexity index is 593. The van der Waals surface area contributed by atoms with Crippen LogP contribution >= 0.6 is 0 Å². The van der Waals surface area contributed by atoms with E-state index in [-0.39, 0.29) is 12.0 Å². The standard InChI is InChI=1S/C17H24N4O/c1-12-10-13(11-18)20-16(19-12)21-9-5-7-15(21)14-6-3-4-8-17(14,2)22/h10,14-15,22H,3-9H2,1-2H3/t14-,15-,17-/m1/s1. The van der Waals surface area contributed by atoms with Crippen molar-refractivity contribution in [2.24, 2.45) is 5.92 Å². The van der Waals surface area contributed by atoms with Gasteiger partial charge in [-0.05, 0) is 45.6 Å². The minimum absolute atomic E-state index is 0.262. The number of nitrogens with zero attached hydrogens (tertiary/aromatic N) is 4. The van der Waals surface area contributed by atoms with Gasteiger partial charge in [0.05, 0.1) is 5.60 Å². The maximum atomic E-state index is 10.8. The molecule has 3 rings (SSSR count). The number of aromatic nitrogens is 2. The monoisotopic (exact) mass is 300 g/mol. The number of rotatable bonds is 2. The molecule has 1 N–H and O–H groups in total. The topological polar surface area (TPSA) is 73.0 Å². The summed E-state index contributed by atoms with van der Waals surface area (Å²) in [7, 11) is 0. The lowest BCUT2D eigenvalue weighted by atomic mass is 9.72. The maximum absolute atomic E-state index is 10.8. The lowest BCUT2D eigenvalue weighted by Crippen LogP contribution is -2.49. The molecule has 1 saturated carbocycles. The molecule has 1 saturated heterocycles. The van der Waals surface area contributed by atoms with Gasteiger partial charge >= 0.3 is 0 Å². The van der Waals surface area contributed by atoms with E-state index in [1.807, 2.05) is 13.8 Å². The van der Waals surface area contributed by atoms with Gasteiger partial charge in [-0.2, -0.15) is 5.26 Å². The first-order valence-corrected chi connectivity index (χ1v) is 8.26. The molecule has 1 aliphatic heterocycles. The molecule has 5 nitrogen and oxygen atoms in total. The average molecular weight is 300 g/mol. The zero-order chi connectivity index (χ0) is 15.7. The summed E-state index contributed by atoms with van der Waals surface area (Å²) in [4.78, 5) is 11.2. The minimum Gasteiger partial charge on any atom is -0.390 e. The lowest BCUT2D eigenvalue weighted by molar-refractivity contribution is -0.0411. The van der Waals surface area contributed by atoms with E-state index in [0.717, 1.165) is 44.3 Å². The zero-order valence-corrected chi connectivity index (χ0v) is 13.4. The van der Waals surface area contributed by atoms with E-state index in [1.165, 1.54) is 6.42 Å². The zero-order valence-electron chi connectivity index (χ0n) is 13.4. The molecule has 0 unspecified atom stereocenters. The van der Waals surface area contributed by atoms with Crippen LogP contribution in [-0.2, 0) is 0 Å². The van der Waals surface area contributed by atoms with E-state index in [1.54, 1.807) is 6.07 Å². The molecule has 1 aromatic rings. The predicted molar refractivity (Wildman–Crippen MR) is 84.4 cm³/mol. The number of aryl methyl sites for hydroxylation is 1. The fraction of sp³-hybridized carbons (Fsp3) is 0.706. The molecule has 2 heterocycles. The van der Waals surface area contributed by atoms with Gasteiger partial charge in [-0.1, -0.05) is 12.8 Å². The number of nitriles is 1. The van der Waals surface area contributed by atoms with Crippen molar-refractivity contribution in [3.05, 3.63) is 17.5 Å². The molecule has 1 aliphatic carbocycles. The van der Waals surface area contributed by atoms with Crippen LogP contribution in [0.5, 0.6) is 0 Å². The lowest BCUT2D eigenvalue weighted by Gasteiger charge is -2.43. The van der Waals surface area contributed by atoms with Crippen molar-refractivity contribution in [3.63, 3.8) is 0 Å². The van der Waals surface area contributed by atoms with Crippen molar-refractivity contribution in [2.45, 2.75) is 64.0 Å². The van der Waals surface area contributed by atoms with E-state index >= 15 is 0 Å². The van der Waals surface area contributed by atoms with Crippen LogP contribution in [0.2, 0.25) is 0 Å². The summed E-state index contributed by atoms with van der Waals surface area (Å²) in [6, 6.07) is 4.11. The van der Waals surface area contributed by atoms with E-state index in [4.69, 9.17) is 5.26 Å². The summed E-state index contributed by atoms with van der Waals surface area (Å²) in [6.45, 7) is 4.78. The van der Waals surface area contributed by atoms with Crippen LogP contribution in [0.25, 0.3) is 0 Å². The second kappa shape index (κ2) is 5.85. The first-order chi connectivity index (χ1) is 10.5. The summed E-state index contributed by atoms with van der Waals surface area (Å²) in [5.41, 5.74) is 0.638. The molecule has 3 atom stereocenters. The van der Waals surface area contributed by atoms with Gasteiger partial charge in [-0.3, -0.25) is 0 Å². The fourth-order valence-corrected chi connectivity index (χ4v) is 4.15. The van der Waals surface area contributed by atoms with Crippen LogP contribution in [-0.4, -0.2) is 33.3 Å². The molecule has 22 heavy (non-hydrogen) atoms. The van der Waals surface area contributed by atoms with Crippen LogP contribution in [0, 0.1) is 24.2 Å². The number of anilines is 1. The van der Waals surface area contributed by atoms with E-state index in [0.29, 0.717) is 11.6 Å². The third kappa shape index (κ3) is 2.80. The molecule has 0 amide bonds. The molecule has 118 valence electrons. The Balaban J connectivity index is 1.90. The number of hydrogen-bond acceptors (Lipinski definition) is 5. The van der Waals surface area contributed by atoms with Gasteiger partial charge in [0, 0.05) is 24.2 Å². The van der Waals surface area contributed by atoms with Gasteiger partial charge < -0.3 is 10.0 Å². The Morgan fingerprint density at radius 2 is 2.14 bits per heavy atom. The highest BCUT2D eigenvalue weighted by Gasteiger charge is 2.44. The van der Waals surface area contributed by atoms with Gasteiger partial charge in [0.1, 0.15) is 11.8 Å². The van der Waals surface area contributed by atoms with Crippen molar-refractivity contribution >= 4 is 5.95 Å². The molecule has 0 spiro atoms. The highest BCUT2D eigenvalue weighted by Crippen LogP contribution is 2.41. The normalized spacial score (nSPS) is 32.0. The SMILES string of the molecule is Cc1cc(C#N)nc(N2CCC[C@@H]2[C@H]2CCCC[C@@]2(C)O)n1. The third-order valence-electron chi connectivity index (χ3n) is 5.22. The second-order valence-corrected chi connectivity index (χ2v) is 6.92. The van der Waals surface area contributed by atoms with Gasteiger partial charge in [0.2, 0.25) is 5.95 Å². The summed E-state index contributed by atoms with van der Waals surface area (Å²) in [5.74, 6) is 0.916. The van der Waals surface area contributed by atoms with Crippen LogP contribution in [0.1, 0.15) is 56.8 Å². The predicted octanol–water partition coefficient (Wildman–Crippen LogP) is 2.57. The quantitative estimate of drug-likeness (QED) is 0.908. The Hall–Kier alpha value is -1.67. The molecule has 1 aromatic heterocycles. The van der Waals surface area contributed by atoms with Crippen LogP contribution in [0.15, 0.2) is 6.07 Å². The molecule has 0 aromatic carbocycles. The maximum Gasteiger partial charge on any atom is 0.227 e. The molecular formula is C17H24N4O. The summed E-state index contributed by atoms with van der Waals surface area (Å²) >= 11 is 0. The van der Waals surface area contributed by atoms with E-state index in [2.05, 4.69) is 20.9 Å². The van der Waals surface area contributed by atoms with Gasteiger partial charge in [-0.15, -0.1) is 0 Å². The van der Waals surface area contributed by atoms with Crippen molar-refractivity contribution in [1.29, 1.82) is 5.26 Å². The first kappa shape index (κ1) is 15.2. The van der Waals surface area contributed by atoms with Crippen molar-refractivity contribution in [2.75, 3.05) is 11.4 Å².